The van der Waals surface area contributed by atoms with Gasteiger partial charge in [0.05, 0.1) is 24.0 Å². The molecule has 1 fully saturated rings. The van der Waals surface area contributed by atoms with Crippen molar-refractivity contribution in [3.05, 3.63) is 10.4 Å². The minimum atomic E-state index is -0.694. The number of aliphatic hydroxyl groups is 2. The molecule has 1 aliphatic rings. The molecule has 0 spiro atoms. The Kier molecular flexibility index (Phi) is 3.02. The first-order valence-electron chi connectivity index (χ1n) is 3.24. The van der Waals surface area contributed by atoms with E-state index in [1.807, 2.05) is 0 Å². The molecule has 5 nitrogen and oxygen atoms in total. The lowest BCUT2D eigenvalue weighted by Crippen LogP contribution is -2.29. The molecular weight excluding hydrogens is 166 g/mol. The van der Waals surface area contributed by atoms with Crippen molar-refractivity contribution in [3.8, 4) is 0 Å². The normalized spacial score (nSPS) is 36.7. The van der Waals surface area contributed by atoms with Crippen LogP contribution in [0.4, 0.5) is 0 Å². The fourth-order valence-corrected chi connectivity index (χ4v) is 2.19. The highest BCUT2D eigenvalue weighted by Crippen LogP contribution is 2.28. The van der Waals surface area contributed by atoms with Crippen LogP contribution in [-0.2, 0) is 0 Å². The van der Waals surface area contributed by atoms with Crippen molar-refractivity contribution < 1.29 is 10.2 Å². The second kappa shape index (κ2) is 3.82. The number of thioether (sulfide) groups is 1. The predicted molar refractivity (Wildman–Crippen MR) is 42.3 cm³/mol. The fraction of sp³-hybridized carbons (Fsp3) is 1.00. The van der Waals surface area contributed by atoms with Crippen LogP contribution in [0.15, 0.2) is 5.11 Å². The van der Waals surface area contributed by atoms with Crippen LogP contribution >= 0.6 is 11.8 Å². The molecule has 1 heterocycles. The lowest BCUT2D eigenvalue weighted by molar-refractivity contribution is 0.131. The Balaban J connectivity index is 2.54. The van der Waals surface area contributed by atoms with Gasteiger partial charge >= 0.3 is 0 Å². The van der Waals surface area contributed by atoms with E-state index in [1.54, 1.807) is 0 Å². The topological polar surface area (TPSA) is 89.2 Å². The van der Waals surface area contributed by atoms with Gasteiger partial charge in [0.1, 0.15) is 0 Å². The number of nitrogens with zero attached hydrogens (tertiary/aromatic N) is 3. The van der Waals surface area contributed by atoms with Gasteiger partial charge in [-0.1, -0.05) is 5.11 Å². The highest BCUT2D eigenvalue weighted by atomic mass is 32.2. The van der Waals surface area contributed by atoms with Crippen LogP contribution in [-0.4, -0.2) is 40.0 Å². The van der Waals surface area contributed by atoms with E-state index in [9.17, 15) is 5.11 Å². The number of rotatable bonds is 2. The molecule has 1 saturated heterocycles. The third kappa shape index (κ3) is 1.78. The molecule has 3 unspecified atom stereocenters. The summed E-state index contributed by atoms with van der Waals surface area (Å²) in [5, 5.41) is 21.3. The van der Waals surface area contributed by atoms with Gasteiger partial charge in [0.25, 0.3) is 0 Å². The average Bonchev–Trinajstić information content (AvgIpc) is 2.34. The first-order chi connectivity index (χ1) is 5.29. The van der Waals surface area contributed by atoms with Crippen LogP contribution in [0.25, 0.3) is 10.4 Å². The Hall–Kier alpha value is -0.420. The van der Waals surface area contributed by atoms with Crippen LogP contribution in [0.1, 0.15) is 0 Å². The van der Waals surface area contributed by atoms with Crippen molar-refractivity contribution in [2.45, 2.75) is 17.4 Å². The van der Waals surface area contributed by atoms with Crippen molar-refractivity contribution in [1.82, 2.24) is 0 Å². The van der Waals surface area contributed by atoms with Gasteiger partial charge < -0.3 is 10.2 Å². The summed E-state index contributed by atoms with van der Waals surface area (Å²) in [6, 6.07) is -0.373. The summed E-state index contributed by atoms with van der Waals surface area (Å²) >= 11 is 1.43. The molecule has 1 aliphatic heterocycles. The maximum atomic E-state index is 9.33. The van der Waals surface area contributed by atoms with Gasteiger partial charge in [0.15, 0.2) is 0 Å². The predicted octanol–water partition coefficient (Wildman–Crippen LogP) is 0.134. The van der Waals surface area contributed by atoms with Gasteiger partial charge in [0, 0.05) is 10.7 Å². The SMILES string of the molecule is [N-]=[N+]=NC1CSC(CO)C1O. The molecule has 0 saturated carbocycles. The molecule has 11 heavy (non-hydrogen) atoms. The van der Waals surface area contributed by atoms with Gasteiger partial charge in [-0.2, -0.15) is 11.8 Å². The molecule has 0 radical (unpaired) electrons. The Morgan fingerprint density at radius 3 is 2.91 bits per heavy atom. The summed E-state index contributed by atoms with van der Waals surface area (Å²) in [5.41, 5.74) is 8.08. The summed E-state index contributed by atoms with van der Waals surface area (Å²) in [4.78, 5) is 2.61. The molecule has 2 N–H and O–H groups in total. The van der Waals surface area contributed by atoms with E-state index in [1.165, 1.54) is 11.8 Å². The zero-order chi connectivity index (χ0) is 8.27. The molecule has 1 rings (SSSR count). The standard InChI is InChI=1S/C5H9N3O2S/c6-8-7-3-2-11-4(1-9)5(3)10/h3-5,9-10H,1-2H2. The van der Waals surface area contributed by atoms with E-state index in [4.69, 9.17) is 10.6 Å². The number of azide groups is 1. The van der Waals surface area contributed by atoms with Gasteiger partial charge in [-0.25, -0.2) is 0 Å². The van der Waals surface area contributed by atoms with Crippen molar-refractivity contribution in [3.63, 3.8) is 0 Å². The van der Waals surface area contributed by atoms with E-state index in [-0.39, 0.29) is 17.9 Å². The van der Waals surface area contributed by atoms with Gasteiger partial charge in [-0.15, -0.1) is 0 Å². The van der Waals surface area contributed by atoms with Crippen LogP contribution in [0.3, 0.4) is 0 Å². The van der Waals surface area contributed by atoms with Gasteiger partial charge in [-0.3, -0.25) is 0 Å². The molecule has 0 bridgehead atoms. The Morgan fingerprint density at radius 1 is 1.73 bits per heavy atom. The van der Waals surface area contributed by atoms with E-state index < -0.39 is 6.10 Å². The lowest BCUT2D eigenvalue weighted by atomic mass is 10.1. The molecule has 6 heteroatoms. The van der Waals surface area contributed by atoms with Gasteiger partial charge in [0.2, 0.25) is 0 Å². The Labute approximate surface area is 68.0 Å². The number of hydrogen-bond donors (Lipinski definition) is 2. The first kappa shape index (κ1) is 8.67. The molecular formula is C5H9N3O2S. The zero-order valence-corrected chi connectivity index (χ0v) is 6.61. The van der Waals surface area contributed by atoms with E-state index in [2.05, 4.69) is 10.0 Å². The zero-order valence-electron chi connectivity index (χ0n) is 5.79. The highest BCUT2D eigenvalue weighted by molar-refractivity contribution is 8.00. The summed E-state index contributed by atoms with van der Waals surface area (Å²) in [7, 11) is 0. The summed E-state index contributed by atoms with van der Waals surface area (Å²) in [5.74, 6) is 0.594. The van der Waals surface area contributed by atoms with Crippen LogP contribution in [0.2, 0.25) is 0 Å². The Morgan fingerprint density at radius 2 is 2.45 bits per heavy atom. The quantitative estimate of drug-likeness (QED) is 0.355. The Bertz CT molecular complexity index is 183. The van der Waals surface area contributed by atoms with Crippen LogP contribution in [0.5, 0.6) is 0 Å². The van der Waals surface area contributed by atoms with Crippen LogP contribution < -0.4 is 0 Å². The average molecular weight is 175 g/mol. The first-order valence-corrected chi connectivity index (χ1v) is 4.29. The van der Waals surface area contributed by atoms with Crippen molar-refractivity contribution in [2.75, 3.05) is 12.4 Å². The minimum absolute atomic E-state index is 0.0662. The molecule has 0 aliphatic carbocycles. The van der Waals surface area contributed by atoms with E-state index in [0.717, 1.165) is 0 Å². The maximum absolute atomic E-state index is 9.33. The molecule has 0 amide bonds. The third-order valence-corrected chi connectivity index (χ3v) is 3.03. The summed E-state index contributed by atoms with van der Waals surface area (Å²) in [6.07, 6.45) is -0.694. The largest absolute Gasteiger partial charge is 0.395 e. The van der Waals surface area contributed by atoms with Gasteiger partial charge in [-0.05, 0) is 5.53 Å². The molecule has 0 aromatic carbocycles. The molecule has 0 aromatic heterocycles. The molecule has 3 atom stereocenters. The third-order valence-electron chi connectivity index (χ3n) is 1.64. The van der Waals surface area contributed by atoms with Crippen LogP contribution in [0, 0.1) is 0 Å². The second-order valence-corrected chi connectivity index (χ2v) is 3.59. The van der Waals surface area contributed by atoms with Crippen molar-refractivity contribution in [2.24, 2.45) is 5.11 Å². The fourth-order valence-electron chi connectivity index (χ4n) is 0.996. The number of aliphatic hydroxyl groups excluding tert-OH is 2. The monoisotopic (exact) mass is 175 g/mol. The summed E-state index contributed by atoms with van der Waals surface area (Å²) < 4.78 is 0. The number of hydrogen-bond acceptors (Lipinski definition) is 4. The van der Waals surface area contributed by atoms with E-state index in [0.29, 0.717) is 5.75 Å². The second-order valence-electron chi connectivity index (χ2n) is 2.32. The summed E-state index contributed by atoms with van der Waals surface area (Å²) in [6.45, 7) is -0.0662. The highest BCUT2D eigenvalue weighted by Gasteiger charge is 2.33. The molecule has 62 valence electrons. The van der Waals surface area contributed by atoms with E-state index >= 15 is 0 Å². The van der Waals surface area contributed by atoms with Crippen molar-refractivity contribution >= 4 is 11.8 Å². The minimum Gasteiger partial charge on any atom is -0.395 e. The maximum Gasteiger partial charge on any atom is 0.0773 e. The molecule has 0 aromatic rings. The van der Waals surface area contributed by atoms with Crippen molar-refractivity contribution in [1.29, 1.82) is 0 Å². The smallest absolute Gasteiger partial charge is 0.0773 e. The lowest BCUT2D eigenvalue weighted by Gasteiger charge is -2.11.